The molecule has 2 aromatic rings. The molecule has 1 amide bonds. The van der Waals surface area contributed by atoms with E-state index in [1.165, 1.54) is 11.1 Å². The van der Waals surface area contributed by atoms with E-state index in [0.717, 1.165) is 25.1 Å². The molecule has 0 unspecified atom stereocenters. The molecule has 0 bridgehead atoms. The van der Waals surface area contributed by atoms with Gasteiger partial charge in [0.05, 0.1) is 13.1 Å². The molecular formula is C22H31N5O. The first-order valence-electron chi connectivity index (χ1n) is 9.86. The van der Waals surface area contributed by atoms with E-state index in [1.807, 2.05) is 38.2 Å². The van der Waals surface area contributed by atoms with Gasteiger partial charge >= 0.3 is 0 Å². The summed E-state index contributed by atoms with van der Waals surface area (Å²) in [5.74, 6) is 0.676. The SMILES string of the molecule is CCNC(=NCc1ccccc1CC)NCC(=O)N(C)CCc1ccccn1. The van der Waals surface area contributed by atoms with E-state index in [9.17, 15) is 4.79 Å². The predicted octanol–water partition coefficient (Wildman–Crippen LogP) is 2.40. The lowest BCUT2D eigenvalue weighted by atomic mass is 10.1. The Kier molecular flexibility index (Phi) is 8.98. The number of pyridine rings is 1. The highest BCUT2D eigenvalue weighted by atomic mass is 16.2. The molecule has 1 aromatic carbocycles. The summed E-state index contributed by atoms with van der Waals surface area (Å²) in [6, 6.07) is 14.1. The minimum atomic E-state index is 0.0236. The van der Waals surface area contributed by atoms with E-state index >= 15 is 0 Å². The first-order chi connectivity index (χ1) is 13.6. The van der Waals surface area contributed by atoms with E-state index < -0.39 is 0 Å². The van der Waals surface area contributed by atoms with Crippen molar-refractivity contribution in [1.29, 1.82) is 0 Å². The number of hydrogen-bond acceptors (Lipinski definition) is 3. The van der Waals surface area contributed by atoms with Gasteiger partial charge in [0, 0.05) is 38.4 Å². The highest BCUT2D eigenvalue weighted by Gasteiger charge is 2.10. The standard InChI is InChI=1S/C22H31N5O/c1-4-18-10-6-7-11-19(18)16-25-22(23-5-2)26-17-21(28)27(3)15-13-20-12-8-9-14-24-20/h6-12,14H,4-5,13,15-17H2,1-3H3,(H2,23,25,26). The zero-order valence-electron chi connectivity index (χ0n) is 17.1. The fourth-order valence-electron chi connectivity index (χ4n) is 2.81. The van der Waals surface area contributed by atoms with Crippen LogP contribution in [0.2, 0.25) is 0 Å². The Morgan fingerprint density at radius 2 is 1.82 bits per heavy atom. The second-order valence-corrected chi connectivity index (χ2v) is 6.56. The Morgan fingerprint density at radius 1 is 1.07 bits per heavy atom. The van der Waals surface area contributed by atoms with Crippen LogP contribution in [0, 0.1) is 0 Å². The molecule has 0 saturated heterocycles. The molecule has 0 aliphatic heterocycles. The first kappa shape index (κ1) is 21.4. The number of guanidine groups is 1. The fraction of sp³-hybridized carbons (Fsp3) is 0.409. The Labute approximate surface area is 168 Å². The van der Waals surface area contributed by atoms with E-state index in [4.69, 9.17) is 0 Å². The molecule has 0 aliphatic rings. The molecule has 6 heteroatoms. The lowest BCUT2D eigenvalue weighted by Gasteiger charge is -2.18. The molecule has 0 spiro atoms. The molecule has 0 aliphatic carbocycles. The summed E-state index contributed by atoms with van der Waals surface area (Å²) in [4.78, 5) is 23.1. The van der Waals surface area contributed by atoms with Crippen LogP contribution in [-0.4, -0.2) is 48.4 Å². The average Bonchev–Trinajstić information content (AvgIpc) is 2.74. The number of nitrogens with zero attached hydrogens (tertiary/aromatic N) is 3. The molecule has 150 valence electrons. The Morgan fingerprint density at radius 3 is 2.50 bits per heavy atom. The van der Waals surface area contributed by atoms with Crippen molar-refractivity contribution in [2.75, 3.05) is 26.7 Å². The molecule has 28 heavy (non-hydrogen) atoms. The Balaban J connectivity index is 1.86. The summed E-state index contributed by atoms with van der Waals surface area (Å²) >= 11 is 0. The maximum absolute atomic E-state index is 12.4. The van der Waals surface area contributed by atoms with Crippen molar-refractivity contribution in [2.45, 2.75) is 33.2 Å². The molecule has 6 nitrogen and oxygen atoms in total. The van der Waals surface area contributed by atoms with Crippen LogP contribution < -0.4 is 10.6 Å². The maximum atomic E-state index is 12.4. The molecule has 2 rings (SSSR count). The number of carbonyl (C=O) groups is 1. The maximum Gasteiger partial charge on any atom is 0.241 e. The van der Waals surface area contributed by atoms with Gasteiger partial charge in [-0.2, -0.15) is 0 Å². The van der Waals surface area contributed by atoms with Crippen molar-refractivity contribution in [2.24, 2.45) is 4.99 Å². The van der Waals surface area contributed by atoms with Gasteiger partial charge in [0.2, 0.25) is 5.91 Å². The van der Waals surface area contributed by atoms with Crippen molar-refractivity contribution < 1.29 is 4.79 Å². The number of amides is 1. The van der Waals surface area contributed by atoms with Gasteiger partial charge in [-0.05, 0) is 36.6 Å². The van der Waals surface area contributed by atoms with Gasteiger partial charge in [-0.15, -0.1) is 0 Å². The van der Waals surface area contributed by atoms with Crippen molar-refractivity contribution >= 4 is 11.9 Å². The second kappa shape index (κ2) is 11.7. The third-order valence-corrected chi connectivity index (χ3v) is 4.51. The zero-order chi connectivity index (χ0) is 20.2. The van der Waals surface area contributed by atoms with Crippen molar-refractivity contribution in [1.82, 2.24) is 20.5 Å². The largest absolute Gasteiger partial charge is 0.357 e. The van der Waals surface area contributed by atoms with Crippen LogP contribution in [0.3, 0.4) is 0 Å². The van der Waals surface area contributed by atoms with Crippen LogP contribution in [0.4, 0.5) is 0 Å². The summed E-state index contributed by atoms with van der Waals surface area (Å²) in [6.45, 7) is 6.33. The van der Waals surface area contributed by atoms with E-state index in [1.54, 1.807) is 11.1 Å². The van der Waals surface area contributed by atoms with Crippen LogP contribution in [0.5, 0.6) is 0 Å². The van der Waals surface area contributed by atoms with Crippen molar-refractivity contribution in [3.05, 3.63) is 65.5 Å². The topological polar surface area (TPSA) is 69.6 Å². The first-order valence-corrected chi connectivity index (χ1v) is 9.86. The van der Waals surface area contributed by atoms with Crippen LogP contribution in [0.25, 0.3) is 0 Å². The number of aliphatic imine (C=N–C) groups is 1. The number of nitrogens with one attached hydrogen (secondary N) is 2. The van der Waals surface area contributed by atoms with E-state index in [2.05, 4.69) is 45.7 Å². The molecule has 0 radical (unpaired) electrons. The summed E-state index contributed by atoms with van der Waals surface area (Å²) in [5.41, 5.74) is 3.49. The van der Waals surface area contributed by atoms with Crippen LogP contribution in [0.1, 0.15) is 30.7 Å². The van der Waals surface area contributed by atoms with Crippen LogP contribution in [0.15, 0.2) is 53.7 Å². The van der Waals surface area contributed by atoms with Crippen LogP contribution in [-0.2, 0) is 24.2 Å². The number of rotatable bonds is 9. The van der Waals surface area contributed by atoms with Gasteiger partial charge in [-0.1, -0.05) is 37.3 Å². The van der Waals surface area contributed by atoms with Gasteiger partial charge < -0.3 is 15.5 Å². The summed E-state index contributed by atoms with van der Waals surface area (Å²) in [6.07, 6.45) is 3.49. The minimum Gasteiger partial charge on any atom is -0.357 e. The van der Waals surface area contributed by atoms with Crippen molar-refractivity contribution in [3.8, 4) is 0 Å². The lowest BCUT2D eigenvalue weighted by Crippen LogP contribution is -2.44. The molecule has 1 heterocycles. The van der Waals surface area contributed by atoms with Gasteiger partial charge in [0.15, 0.2) is 5.96 Å². The van der Waals surface area contributed by atoms with Crippen LogP contribution >= 0.6 is 0 Å². The monoisotopic (exact) mass is 381 g/mol. The second-order valence-electron chi connectivity index (χ2n) is 6.56. The highest BCUT2D eigenvalue weighted by molar-refractivity contribution is 5.86. The third-order valence-electron chi connectivity index (χ3n) is 4.51. The predicted molar refractivity (Wildman–Crippen MR) is 114 cm³/mol. The fourth-order valence-corrected chi connectivity index (χ4v) is 2.81. The minimum absolute atomic E-state index is 0.0236. The zero-order valence-corrected chi connectivity index (χ0v) is 17.1. The third kappa shape index (κ3) is 7.02. The van der Waals surface area contributed by atoms with Gasteiger partial charge in [-0.25, -0.2) is 4.99 Å². The molecular weight excluding hydrogens is 350 g/mol. The number of likely N-dealkylation sites (N-methyl/N-ethyl adjacent to an activating group) is 1. The van der Waals surface area contributed by atoms with Gasteiger partial charge in [0.1, 0.15) is 0 Å². The molecule has 0 atom stereocenters. The Bertz CT molecular complexity index is 761. The molecule has 2 N–H and O–H groups in total. The number of carbonyl (C=O) groups excluding carboxylic acids is 1. The number of aromatic nitrogens is 1. The number of hydrogen-bond donors (Lipinski definition) is 2. The molecule has 1 aromatic heterocycles. The van der Waals surface area contributed by atoms with Crippen molar-refractivity contribution in [3.63, 3.8) is 0 Å². The van der Waals surface area contributed by atoms with E-state index in [0.29, 0.717) is 19.0 Å². The molecule has 0 fully saturated rings. The number of aryl methyl sites for hydroxylation is 1. The summed E-state index contributed by atoms with van der Waals surface area (Å²) in [7, 11) is 1.81. The van der Waals surface area contributed by atoms with Gasteiger partial charge in [0.25, 0.3) is 0 Å². The van der Waals surface area contributed by atoms with Gasteiger partial charge in [-0.3, -0.25) is 9.78 Å². The summed E-state index contributed by atoms with van der Waals surface area (Å²) in [5, 5.41) is 6.34. The summed E-state index contributed by atoms with van der Waals surface area (Å²) < 4.78 is 0. The lowest BCUT2D eigenvalue weighted by molar-refractivity contribution is -0.128. The van der Waals surface area contributed by atoms with E-state index in [-0.39, 0.29) is 12.5 Å². The quantitative estimate of drug-likeness (QED) is 0.517. The smallest absolute Gasteiger partial charge is 0.241 e. The average molecular weight is 382 g/mol. The molecule has 0 saturated carbocycles. The highest BCUT2D eigenvalue weighted by Crippen LogP contribution is 2.10. The number of benzene rings is 1. The normalized spacial score (nSPS) is 11.2. The Hall–Kier alpha value is -2.89.